The van der Waals surface area contributed by atoms with Gasteiger partial charge in [-0.25, -0.2) is 9.69 Å². The van der Waals surface area contributed by atoms with Crippen LogP contribution in [0.25, 0.3) is 6.08 Å². The second-order valence-electron chi connectivity index (χ2n) is 6.96. The van der Waals surface area contributed by atoms with Crippen molar-refractivity contribution in [2.45, 2.75) is 6.61 Å². The normalized spacial score (nSPS) is 14.7. The molecule has 0 saturated carbocycles. The fourth-order valence-electron chi connectivity index (χ4n) is 3.11. The lowest BCUT2D eigenvalue weighted by Gasteiger charge is -2.12. The van der Waals surface area contributed by atoms with Gasteiger partial charge in [0.05, 0.1) is 25.2 Å². The van der Waals surface area contributed by atoms with Gasteiger partial charge in [-0.05, 0) is 81.7 Å². The zero-order chi connectivity index (χ0) is 23.7. The van der Waals surface area contributed by atoms with Crippen molar-refractivity contribution < 1.29 is 14.3 Å². The van der Waals surface area contributed by atoms with Crippen molar-refractivity contribution in [1.82, 2.24) is 5.32 Å². The highest BCUT2D eigenvalue weighted by atomic mass is 79.9. The highest BCUT2D eigenvalue weighted by Gasteiger charge is 2.34. The van der Waals surface area contributed by atoms with Crippen LogP contribution in [0, 0.1) is 0 Å². The molecular formula is C23H13BrCl4N2O3. The Morgan fingerprint density at radius 1 is 0.909 bits per heavy atom. The van der Waals surface area contributed by atoms with Crippen molar-refractivity contribution in [2.75, 3.05) is 4.90 Å². The van der Waals surface area contributed by atoms with Crippen LogP contribution in [0.5, 0.6) is 5.75 Å². The van der Waals surface area contributed by atoms with Crippen LogP contribution < -0.4 is 15.0 Å². The lowest BCUT2D eigenvalue weighted by atomic mass is 10.1. The van der Waals surface area contributed by atoms with Crippen molar-refractivity contribution in [2.24, 2.45) is 0 Å². The third-order valence-electron chi connectivity index (χ3n) is 4.66. The Labute approximate surface area is 218 Å². The number of halogens is 5. The van der Waals surface area contributed by atoms with Crippen LogP contribution >= 0.6 is 62.3 Å². The number of amides is 3. The third kappa shape index (κ3) is 5.31. The molecule has 0 unspecified atom stereocenters. The van der Waals surface area contributed by atoms with Gasteiger partial charge in [0.25, 0.3) is 5.91 Å². The van der Waals surface area contributed by atoms with E-state index in [1.807, 2.05) is 0 Å². The summed E-state index contributed by atoms with van der Waals surface area (Å²) in [6.07, 6.45) is 1.54. The van der Waals surface area contributed by atoms with Gasteiger partial charge < -0.3 is 10.1 Å². The largest absolute Gasteiger partial charge is 0.486 e. The van der Waals surface area contributed by atoms with E-state index in [9.17, 15) is 9.59 Å². The molecule has 1 aliphatic rings. The van der Waals surface area contributed by atoms with Gasteiger partial charge in [0, 0.05) is 5.02 Å². The Balaban J connectivity index is 1.54. The van der Waals surface area contributed by atoms with Crippen LogP contribution in [-0.2, 0) is 11.4 Å². The van der Waals surface area contributed by atoms with E-state index < -0.39 is 11.9 Å². The molecule has 4 rings (SSSR count). The maximum Gasteiger partial charge on any atom is 0.333 e. The molecule has 1 aliphatic heterocycles. The SMILES string of the molecule is O=C1N/C(=C/c2cc(Cl)c(OCc3ccc(Cl)c(Cl)c3)c(Br)c2)C(=O)N1c1ccc(Cl)cc1. The molecule has 0 atom stereocenters. The number of anilines is 1. The monoisotopic (exact) mass is 584 g/mol. The number of ether oxygens (including phenoxy) is 1. The van der Waals surface area contributed by atoms with Gasteiger partial charge in [-0.2, -0.15) is 0 Å². The zero-order valence-corrected chi connectivity index (χ0v) is 21.2. The Morgan fingerprint density at radius 2 is 1.64 bits per heavy atom. The number of carbonyl (C=O) groups is 2. The molecule has 1 saturated heterocycles. The molecule has 33 heavy (non-hydrogen) atoms. The van der Waals surface area contributed by atoms with E-state index in [1.54, 1.807) is 54.6 Å². The Bertz CT molecular complexity index is 1270. The summed E-state index contributed by atoms with van der Waals surface area (Å²) in [7, 11) is 0. The summed E-state index contributed by atoms with van der Waals surface area (Å²) in [4.78, 5) is 26.2. The number of imide groups is 1. The lowest BCUT2D eigenvalue weighted by Crippen LogP contribution is -2.30. The van der Waals surface area contributed by atoms with Crippen LogP contribution in [0.4, 0.5) is 10.5 Å². The molecule has 1 heterocycles. The summed E-state index contributed by atoms with van der Waals surface area (Å²) in [6.45, 7) is 0.222. The molecular weight excluding hydrogens is 574 g/mol. The summed E-state index contributed by atoms with van der Waals surface area (Å²) in [6, 6.07) is 14.4. The number of benzene rings is 3. The maximum absolute atomic E-state index is 12.8. The van der Waals surface area contributed by atoms with Gasteiger partial charge in [0.15, 0.2) is 5.75 Å². The molecule has 10 heteroatoms. The van der Waals surface area contributed by atoms with Crippen LogP contribution in [0.2, 0.25) is 20.1 Å². The van der Waals surface area contributed by atoms with E-state index >= 15 is 0 Å². The summed E-state index contributed by atoms with van der Waals surface area (Å²) in [5.41, 5.74) is 1.94. The maximum atomic E-state index is 12.8. The predicted molar refractivity (Wildman–Crippen MR) is 135 cm³/mol. The molecule has 5 nitrogen and oxygen atoms in total. The topological polar surface area (TPSA) is 58.6 Å². The second-order valence-corrected chi connectivity index (χ2v) is 9.47. The highest BCUT2D eigenvalue weighted by Crippen LogP contribution is 2.36. The molecule has 1 fully saturated rings. The van der Waals surface area contributed by atoms with Gasteiger partial charge in [-0.15, -0.1) is 0 Å². The molecule has 0 radical (unpaired) electrons. The van der Waals surface area contributed by atoms with Crippen molar-refractivity contribution >= 4 is 86.0 Å². The average molecular weight is 587 g/mol. The molecule has 1 N–H and O–H groups in total. The van der Waals surface area contributed by atoms with Crippen molar-refractivity contribution in [3.8, 4) is 5.75 Å². The minimum absolute atomic E-state index is 0.113. The number of carbonyl (C=O) groups excluding carboxylic acids is 2. The average Bonchev–Trinajstić information content (AvgIpc) is 3.03. The first-order chi connectivity index (χ1) is 15.7. The number of rotatable bonds is 5. The number of hydrogen-bond donors (Lipinski definition) is 1. The minimum atomic E-state index is -0.555. The van der Waals surface area contributed by atoms with Crippen molar-refractivity contribution in [1.29, 1.82) is 0 Å². The molecule has 3 aromatic rings. The standard InChI is InChI=1S/C23H13BrCl4N2O3/c24-16-7-13(9-19(28)21(16)33-11-12-1-6-17(26)18(27)8-12)10-20-22(31)30(23(32)29-20)15-4-2-14(25)3-5-15/h1-10H,11H2,(H,29,32)/b20-10+. The summed E-state index contributed by atoms with van der Waals surface area (Å²) in [5, 5.41) is 4.29. The summed E-state index contributed by atoms with van der Waals surface area (Å²) >= 11 is 27.7. The Hall–Kier alpha value is -2.22. The fraction of sp³-hybridized carbons (Fsp3) is 0.0435. The van der Waals surface area contributed by atoms with Gasteiger partial charge in [-0.3, -0.25) is 4.79 Å². The van der Waals surface area contributed by atoms with Gasteiger partial charge in [-0.1, -0.05) is 52.5 Å². The van der Waals surface area contributed by atoms with E-state index in [0.717, 1.165) is 10.5 Å². The van der Waals surface area contributed by atoms with E-state index in [4.69, 9.17) is 51.1 Å². The van der Waals surface area contributed by atoms with Crippen LogP contribution in [0.15, 0.2) is 64.8 Å². The number of nitrogens with zero attached hydrogens (tertiary/aromatic N) is 1. The first kappa shape index (κ1) is 23.9. The Kier molecular flexibility index (Phi) is 7.22. The van der Waals surface area contributed by atoms with Crippen LogP contribution in [0.3, 0.4) is 0 Å². The number of hydrogen-bond acceptors (Lipinski definition) is 3. The van der Waals surface area contributed by atoms with E-state index in [0.29, 0.717) is 41.6 Å². The van der Waals surface area contributed by atoms with Crippen molar-refractivity contribution in [3.05, 3.63) is 96.0 Å². The first-order valence-corrected chi connectivity index (χ1v) is 11.7. The molecule has 0 aliphatic carbocycles. The van der Waals surface area contributed by atoms with Crippen LogP contribution in [0.1, 0.15) is 11.1 Å². The molecule has 3 amide bonds. The summed E-state index contributed by atoms with van der Waals surface area (Å²) in [5.74, 6) is -0.0658. The van der Waals surface area contributed by atoms with E-state index in [-0.39, 0.29) is 12.3 Å². The van der Waals surface area contributed by atoms with E-state index in [2.05, 4.69) is 21.2 Å². The molecule has 168 valence electrons. The first-order valence-electron chi connectivity index (χ1n) is 9.41. The second kappa shape index (κ2) is 9.95. The zero-order valence-electron chi connectivity index (χ0n) is 16.5. The number of nitrogens with one attached hydrogen (secondary N) is 1. The smallest absolute Gasteiger partial charge is 0.333 e. The molecule has 0 bridgehead atoms. The third-order valence-corrected chi connectivity index (χ3v) is 6.52. The molecule has 0 spiro atoms. The summed E-state index contributed by atoms with van der Waals surface area (Å²) < 4.78 is 6.42. The fourth-order valence-corrected chi connectivity index (χ4v) is 4.55. The predicted octanol–water partition coefficient (Wildman–Crippen LogP) is 7.74. The lowest BCUT2D eigenvalue weighted by molar-refractivity contribution is -0.113. The number of urea groups is 1. The van der Waals surface area contributed by atoms with Crippen LogP contribution in [-0.4, -0.2) is 11.9 Å². The van der Waals surface area contributed by atoms with Gasteiger partial charge in [0.2, 0.25) is 0 Å². The van der Waals surface area contributed by atoms with E-state index in [1.165, 1.54) is 6.08 Å². The highest BCUT2D eigenvalue weighted by molar-refractivity contribution is 9.10. The minimum Gasteiger partial charge on any atom is -0.486 e. The molecule has 0 aromatic heterocycles. The van der Waals surface area contributed by atoms with Gasteiger partial charge >= 0.3 is 6.03 Å². The quantitative estimate of drug-likeness (QED) is 0.246. The van der Waals surface area contributed by atoms with Crippen molar-refractivity contribution in [3.63, 3.8) is 0 Å². The van der Waals surface area contributed by atoms with Gasteiger partial charge in [0.1, 0.15) is 12.3 Å². The molecule has 3 aromatic carbocycles. The Morgan fingerprint density at radius 3 is 2.30 bits per heavy atom.